The quantitative estimate of drug-likeness (QED) is 0.136. The van der Waals surface area contributed by atoms with E-state index in [2.05, 4.69) is 22.8 Å². The summed E-state index contributed by atoms with van der Waals surface area (Å²) in [5.41, 5.74) is 7.05. The lowest BCUT2D eigenvalue weighted by Crippen LogP contribution is -2.30. The Morgan fingerprint density at radius 1 is 0.739 bits per heavy atom. The molecular weight excluding hydrogens is 591 g/mol. The molecule has 7 heteroatoms. The van der Waals surface area contributed by atoms with E-state index in [0.29, 0.717) is 11.3 Å². The Balaban J connectivity index is 1.19. The maximum atomic E-state index is 13.8. The number of anilines is 3. The van der Waals surface area contributed by atoms with Gasteiger partial charge in [0.25, 0.3) is 11.8 Å². The van der Waals surface area contributed by atoms with Crippen LogP contribution in [-0.2, 0) is 22.4 Å². The van der Waals surface area contributed by atoms with Crippen molar-refractivity contribution >= 4 is 52.6 Å². The summed E-state index contributed by atoms with van der Waals surface area (Å²) >= 11 is 1.41. The molecule has 0 radical (unpaired) electrons. The third-order valence-corrected chi connectivity index (χ3v) is 8.83. The SMILES string of the molecule is Cc1ccccc1/C=C(\NC(=O)c1ccccc1)C(=O)Nc1cccc(SCC(=O)N2c3ccccc3CCc3ccccc32)c1. The van der Waals surface area contributed by atoms with Crippen LogP contribution in [0.5, 0.6) is 0 Å². The molecule has 6 nitrogen and oxygen atoms in total. The highest BCUT2D eigenvalue weighted by Gasteiger charge is 2.25. The molecule has 1 aliphatic rings. The van der Waals surface area contributed by atoms with Crippen LogP contribution in [0.25, 0.3) is 6.08 Å². The van der Waals surface area contributed by atoms with Crippen molar-refractivity contribution in [1.82, 2.24) is 5.32 Å². The maximum Gasteiger partial charge on any atom is 0.272 e. The number of amides is 3. The van der Waals surface area contributed by atoms with Gasteiger partial charge in [0.15, 0.2) is 0 Å². The summed E-state index contributed by atoms with van der Waals surface area (Å²) in [4.78, 5) is 43.1. The molecule has 46 heavy (non-hydrogen) atoms. The Bertz CT molecular complexity index is 1890. The summed E-state index contributed by atoms with van der Waals surface area (Å²) in [7, 11) is 0. The molecule has 3 amide bonds. The number of hydrogen-bond acceptors (Lipinski definition) is 4. The van der Waals surface area contributed by atoms with E-state index in [1.807, 2.05) is 96.8 Å². The molecular formula is C39H33N3O3S. The van der Waals surface area contributed by atoms with Gasteiger partial charge in [0.05, 0.1) is 17.1 Å². The molecule has 0 saturated carbocycles. The van der Waals surface area contributed by atoms with Gasteiger partial charge in [0.1, 0.15) is 5.70 Å². The molecule has 0 bridgehead atoms. The summed E-state index contributed by atoms with van der Waals surface area (Å²) in [6.07, 6.45) is 3.43. The van der Waals surface area contributed by atoms with Crippen molar-refractivity contribution in [2.24, 2.45) is 0 Å². The molecule has 0 saturated heterocycles. The maximum absolute atomic E-state index is 13.8. The first kappa shape index (κ1) is 30.6. The number of rotatable bonds is 8. The molecule has 6 rings (SSSR count). The number of nitrogens with zero attached hydrogens (tertiary/aromatic N) is 1. The lowest BCUT2D eigenvalue weighted by molar-refractivity contribution is -0.115. The third-order valence-electron chi connectivity index (χ3n) is 7.85. The van der Waals surface area contributed by atoms with Crippen LogP contribution in [-0.4, -0.2) is 23.5 Å². The zero-order valence-electron chi connectivity index (χ0n) is 25.4. The van der Waals surface area contributed by atoms with Crippen molar-refractivity contribution in [3.63, 3.8) is 0 Å². The van der Waals surface area contributed by atoms with E-state index < -0.39 is 5.91 Å². The van der Waals surface area contributed by atoms with E-state index in [4.69, 9.17) is 0 Å². The van der Waals surface area contributed by atoms with Crippen LogP contribution in [0.2, 0.25) is 0 Å². The molecule has 2 N–H and O–H groups in total. The van der Waals surface area contributed by atoms with Crippen molar-refractivity contribution < 1.29 is 14.4 Å². The first-order valence-corrected chi connectivity index (χ1v) is 16.1. The lowest BCUT2D eigenvalue weighted by Gasteiger charge is -2.25. The van der Waals surface area contributed by atoms with E-state index >= 15 is 0 Å². The predicted molar refractivity (Wildman–Crippen MR) is 186 cm³/mol. The van der Waals surface area contributed by atoms with Crippen LogP contribution in [0.3, 0.4) is 0 Å². The topological polar surface area (TPSA) is 78.5 Å². The summed E-state index contributed by atoms with van der Waals surface area (Å²) in [5, 5.41) is 5.73. The van der Waals surface area contributed by atoms with E-state index in [9.17, 15) is 14.4 Å². The molecule has 1 aliphatic heterocycles. The van der Waals surface area contributed by atoms with Gasteiger partial charge in [-0.2, -0.15) is 0 Å². The van der Waals surface area contributed by atoms with Gasteiger partial charge in [0.2, 0.25) is 5.91 Å². The molecule has 0 aromatic heterocycles. The van der Waals surface area contributed by atoms with Crippen LogP contribution < -0.4 is 15.5 Å². The van der Waals surface area contributed by atoms with Crippen molar-refractivity contribution in [3.8, 4) is 0 Å². The number of hydrogen-bond donors (Lipinski definition) is 2. The zero-order valence-corrected chi connectivity index (χ0v) is 26.2. The average molecular weight is 624 g/mol. The van der Waals surface area contributed by atoms with Gasteiger partial charge in [-0.25, -0.2) is 0 Å². The van der Waals surface area contributed by atoms with Gasteiger partial charge in [-0.3, -0.25) is 19.3 Å². The Labute approximate surface area is 273 Å². The van der Waals surface area contributed by atoms with Gasteiger partial charge in [-0.15, -0.1) is 11.8 Å². The average Bonchev–Trinajstić information content (AvgIpc) is 3.25. The summed E-state index contributed by atoms with van der Waals surface area (Å²) in [6.45, 7) is 1.95. The molecule has 0 aliphatic carbocycles. The summed E-state index contributed by atoms with van der Waals surface area (Å²) in [6, 6.07) is 40.0. The first-order chi connectivity index (χ1) is 22.5. The van der Waals surface area contributed by atoms with Gasteiger partial charge < -0.3 is 10.6 Å². The number of para-hydroxylation sites is 2. The monoisotopic (exact) mass is 623 g/mol. The molecule has 5 aromatic carbocycles. The molecule has 0 fully saturated rings. The fraction of sp³-hybridized carbons (Fsp3) is 0.103. The van der Waals surface area contributed by atoms with Gasteiger partial charge in [-0.1, -0.05) is 84.9 Å². The van der Waals surface area contributed by atoms with E-state index in [0.717, 1.165) is 51.4 Å². The second-order valence-electron chi connectivity index (χ2n) is 11.0. The third kappa shape index (κ3) is 7.11. The highest BCUT2D eigenvalue weighted by atomic mass is 32.2. The standard InChI is InChI=1S/C39H33N3O3S/c1-27-12-5-6-17-31(27)24-34(41-38(44)30-15-3-2-4-16-30)39(45)40-32-18-11-19-33(25-32)46-26-37(43)42-35-20-9-7-13-28(35)22-23-29-14-8-10-21-36(29)42/h2-21,24-25H,22-23,26H2,1H3,(H,40,45)(H,41,44)/b34-24-. The van der Waals surface area contributed by atoms with E-state index in [1.165, 1.54) is 11.8 Å². The van der Waals surface area contributed by atoms with E-state index in [1.54, 1.807) is 36.4 Å². The Morgan fingerprint density at radius 3 is 2.07 bits per heavy atom. The summed E-state index contributed by atoms with van der Waals surface area (Å²) in [5.74, 6) is -0.641. The smallest absolute Gasteiger partial charge is 0.272 e. The normalized spacial score (nSPS) is 12.4. The van der Waals surface area contributed by atoms with Crippen LogP contribution >= 0.6 is 11.8 Å². The molecule has 1 heterocycles. The number of aryl methyl sites for hydroxylation is 3. The van der Waals surface area contributed by atoms with Crippen molar-refractivity contribution in [3.05, 3.63) is 161 Å². The Kier molecular flexibility index (Phi) is 9.41. The number of carbonyl (C=O) groups excluding carboxylic acids is 3. The minimum absolute atomic E-state index is 0.0201. The number of carbonyl (C=O) groups is 3. The van der Waals surface area contributed by atoms with Crippen LogP contribution in [0, 0.1) is 6.92 Å². The predicted octanol–water partition coefficient (Wildman–Crippen LogP) is 7.96. The Morgan fingerprint density at radius 2 is 1.37 bits per heavy atom. The number of benzene rings is 5. The first-order valence-electron chi connectivity index (χ1n) is 15.1. The van der Waals surface area contributed by atoms with Crippen molar-refractivity contribution in [1.29, 1.82) is 0 Å². The molecule has 228 valence electrons. The lowest BCUT2D eigenvalue weighted by atomic mass is 10.0. The molecule has 0 unspecified atom stereocenters. The second-order valence-corrected chi connectivity index (χ2v) is 12.0. The zero-order chi connectivity index (χ0) is 31.9. The molecule has 0 spiro atoms. The Hall–Kier alpha value is -5.40. The summed E-state index contributed by atoms with van der Waals surface area (Å²) < 4.78 is 0. The number of fused-ring (bicyclic) bond motifs is 2. The van der Waals surface area contributed by atoms with Gasteiger partial charge in [0, 0.05) is 16.1 Å². The number of nitrogens with one attached hydrogen (secondary N) is 2. The van der Waals surface area contributed by atoms with Crippen LogP contribution in [0.1, 0.15) is 32.6 Å². The van der Waals surface area contributed by atoms with Gasteiger partial charge >= 0.3 is 0 Å². The highest BCUT2D eigenvalue weighted by Crippen LogP contribution is 2.37. The van der Waals surface area contributed by atoms with Gasteiger partial charge in [-0.05, 0) is 90.6 Å². The molecule has 5 aromatic rings. The fourth-order valence-corrected chi connectivity index (χ4v) is 6.27. The van der Waals surface area contributed by atoms with Crippen LogP contribution in [0.15, 0.2) is 138 Å². The van der Waals surface area contributed by atoms with Crippen molar-refractivity contribution in [2.45, 2.75) is 24.7 Å². The largest absolute Gasteiger partial charge is 0.321 e. The number of thioether (sulfide) groups is 1. The fourth-order valence-electron chi connectivity index (χ4n) is 5.47. The minimum atomic E-state index is -0.455. The van der Waals surface area contributed by atoms with E-state index in [-0.39, 0.29) is 23.3 Å². The second kappa shape index (κ2) is 14.1. The van der Waals surface area contributed by atoms with Crippen LogP contribution in [0.4, 0.5) is 17.1 Å². The van der Waals surface area contributed by atoms with Crippen molar-refractivity contribution in [2.75, 3.05) is 16.0 Å². The highest BCUT2D eigenvalue weighted by molar-refractivity contribution is 8.00. The minimum Gasteiger partial charge on any atom is -0.321 e. The molecule has 0 atom stereocenters.